The van der Waals surface area contributed by atoms with Crippen LogP contribution in [-0.4, -0.2) is 54.8 Å². The van der Waals surface area contributed by atoms with Crippen molar-refractivity contribution in [2.24, 2.45) is 10.8 Å². The Balaban J connectivity index is 0.000000877. The van der Waals surface area contributed by atoms with Crippen LogP contribution in [0.1, 0.15) is 126 Å². The minimum absolute atomic E-state index is 0. The van der Waals surface area contributed by atoms with Crippen LogP contribution in [-0.2, 0) is 31.3 Å². The van der Waals surface area contributed by atoms with Crippen molar-refractivity contribution in [3.05, 3.63) is 155 Å². The second-order valence-electron chi connectivity index (χ2n) is 17.2. The van der Waals surface area contributed by atoms with Crippen LogP contribution in [0.4, 0.5) is 0 Å². The average molecular weight is 813 g/mol. The summed E-state index contributed by atoms with van der Waals surface area (Å²) in [5, 5.41) is 37.2. The van der Waals surface area contributed by atoms with Gasteiger partial charge in [-0.25, -0.2) is 0 Å². The first-order valence-corrected chi connectivity index (χ1v) is 18.3. The second-order valence-corrected chi connectivity index (χ2v) is 17.2. The zero-order chi connectivity index (χ0) is 43.1. The molecule has 304 valence electrons. The van der Waals surface area contributed by atoms with E-state index >= 15 is 0 Å². The van der Waals surface area contributed by atoms with Crippen molar-refractivity contribution in [1.82, 2.24) is 0 Å². The zero-order valence-corrected chi connectivity index (χ0v) is 37.0. The summed E-state index contributed by atoms with van der Waals surface area (Å²) in [7, 11) is 0. The van der Waals surface area contributed by atoms with E-state index in [0.29, 0.717) is 33.4 Å². The van der Waals surface area contributed by atoms with Gasteiger partial charge in [0.2, 0.25) is 0 Å². The van der Waals surface area contributed by atoms with Crippen LogP contribution in [0.5, 0.6) is 0 Å². The minimum Gasteiger partial charge on any atom is -0.507 e. The van der Waals surface area contributed by atoms with Crippen LogP contribution in [0.3, 0.4) is 0 Å². The Morgan fingerprint density at radius 1 is 0.386 bits per heavy atom. The van der Waals surface area contributed by atoms with E-state index in [9.17, 15) is 29.4 Å². The summed E-state index contributed by atoms with van der Waals surface area (Å²) in [6.45, 7) is 21.2. The van der Waals surface area contributed by atoms with Crippen molar-refractivity contribution in [2.75, 3.05) is 0 Å². The summed E-state index contributed by atoms with van der Waals surface area (Å²) in [6, 6.07) is 31.1. The van der Waals surface area contributed by atoms with Gasteiger partial charge in [-0.05, 0) is 41.5 Å². The molecular weight excluding hydrogens is 752 g/mol. The molecule has 4 aromatic carbocycles. The smallest absolute Gasteiger partial charge is 0.193 e. The molecule has 0 atom stereocenters. The van der Waals surface area contributed by atoms with Crippen molar-refractivity contribution >= 4 is 34.7 Å². The number of rotatable bonds is 8. The number of hydrogen-bond acceptors (Lipinski definition) is 8. The molecule has 0 spiro atoms. The number of carbonyl (C=O) groups excluding carboxylic acids is 4. The molecule has 0 aliphatic heterocycles. The summed E-state index contributed by atoms with van der Waals surface area (Å²) in [5.41, 5.74) is 1.23. The average Bonchev–Trinajstić information content (AvgIpc) is 3.10. The van der Waals surface area contributed by atoms with Crippen LogP contribution in [0.2, 0.25) is 0 Å². The maximum atomic E-state index is 12.3. The molecule has 8 nitrogen and oxygen atoms in total. The molecule has 57 heavy (non-hydrogen) atoms. The quantitative estimate of drug-likeness (QED) is 0.0595. The summed E-state index contributed by atoms with van der Waals surface area (Å²) in [6.07, 6.45) is 2.46. The Kier molecular flexibility index (Phi) is 21.0. The number of benzene rings is 4. The molecule has 4 N–H and O–H groups in total. The second kappa shape index (κ2) is 22.9. The molecule has 0 bridgehead atoms. The van der Waals surface area contributed by atoms with Crippen LogP contribution in [0.15, 0.2) is 121 Å². The third kappa shape index (κ3) is 22.0. The van der Waals surface area contributed by atoms with Crippen molar-refractivity contribution in [2.45, 2.75) is 94.3 Å². The Morgan fingerprint density at radius 3 is 0.789 bits per heavy atom. The molecular formula is C48H60O8Ti. The van der Waals surface area contributed by atoms with Gasteiger partial charge >= 0.3 is 0 Å². The van der Waals surface area contributed by atoms with E-state index in [-0.39, 0.29) is 56.4 Å². The number of aliphatic hydroxyl groups excluding tert-OH is 2. The predicted octanol–water partition coefficient (Wildman–Crippen LogP) is 10.4. The molecule has 0 fully saturated rings. The van der Waals surface area contributed by atoms with Gasteiger partial charge in [0.15, 0.2) is 23.1 Å². The first-order chi connectivity index (χ1) is 25.6. The van der Waals surface area contributed by atoms with Gasteiger partial charge in [0.25, 0.3) is 0 Å². The third-order valence-electron chi connectivity index (χ3n) is 6.97. The number of hydrogen-bond donors (Lipinski definition) is 4. The molecule has 4 aromatic rings. The Bertz CT molecular complexity index is 1780. The maximum Gasteiger partial charge on any atom is 0.193 e. The molecule has 4 rings (SSSR count). The Hall–Kier alpha value is -4.73. The molecule has 0 radical (unpaired) electrons. The van der Waals surface area contributed by atoms with Crippen LogP contribution in [0, 0.1) is 10.8 Å². The van der Waals surface area contributed by atoms with E-state index in [1.54, 1.807) is 156 Å². The van der Waals surface area contributed by atoms with Gasteiger partial charge in [-0.2, -0.15) is 0 Å². The zero-order valence-electron chi connectivity index (χ0n) is 35.5. The Morgan fingerprint density at radius 2 is 0.579 bits per heavy atom. The third-order valence-corrected chi connectivity index (χ3v) is 6.97. The molecule has 0 saturated carbocycles. The fourth-order valence-corrected chi connectivity index (χ4v) is 3.95. The fourth-order valence-electron chi connectivity index (χ4n) is 3.95. The number of carbonyl (C=O) groups is 4. The van der Waals surface area contributed by atoms with Gasteiger partial charge in [0.05, 0.1) is 11.2 Å². The largest absolute Gasteiger partial charge is 0.507 e. The summed E-state index contributed by atoms with van der Waals surface area (Å²) >= 11 is 0. The number of aliphatic hydroxyl groups is 4. The van der Waals surface area contributed by atoms with E-state index in [1.165, 1.54) is 12.2 Å². The van der Waals surface area contributed by atoms with Gasteiger partial charge in [0, 0.05) is 78.1 Å². The summed E-state index contributed by atoms with van der Waals surface area (Å²) in [4.78, 5) is 48.4. The molecule has 0 heterocycles. The molecule has 0 aromatic heterocycles. The van der Waals surface area contributed by atoms with Crippen molar-refractivity contribution in [1.29, 1.82) is 0 Å². The van der Waals surface area contributed by atoms with Crippen molar-refractivity contribution < 1.29 is 61.3 Å². The van der Waals surface area contributed by atoms with Crippen LogP contribution >= 0.6 is 0 Å². The maximum absolute atomic E-state index is 12.3. The van der Waals surface area contributed by atoms with E-state index in [2.05, 4.69) is 0 Å². The van der Waals surface area contributed by atoms with E-state index in [1.807, 2.05) is 36.4 Å². The predicted molar refractivity (Wildman–Crippen MR) is 227 cm³/mol. The topological polar surface area (TPSA) is 149 Å². The Labute approximate surface area is 354 Å². The van der Waals surface area contributed by atoms with Crippen LogP contribution < -0.4 is 0 Å². The van der Waals surface area contributed by atoms with Crippen molar-refractivity contribution in [3.8, 4) is 0 Å². The number of allylic oxidation sites excluding steroid dienone is 2. The molecule has 0 saturated heterocycles. The standard InChI is InChI=1S/2C20H20O3.2C4H10O.Ti/c2*1-20(2,3)18(22)13-17(21)14-9-11-16(12-10-14)19(23)15-7-5-4-6-8-15;2*1-4(2,3)5;/h2*4-13,21H,1-3H3;2*5H,1-3H3;/b2*17-13-;;;. The first kappa shape index (κ1) is 52.3. The SMILES string of the molecule is CC(C)(C)C(=O)/C=C(\O)c1ccc(C(=O)c2ccccc2)cc1.CC(C)(C)C(=O)/C=C(\O)c1ccc(C(=O)c2ccccc2)cc1.CC(C)(C)O.CC(C)(C)O.[Ti]. The van der Waals surface area contributed by atoms with Crippen LogP contribution in [0.25, 0.3) is 11.5 Å². The van der Waals surface area contributed by atoms with Gasteiger partial charge in [-0.3, -0.25) is 19.2 Å². The van der Waals surface area contributed by atoms with Gasteiger partial charge in [-0.1, -0.05) is 151 Å². The number of ketones is 4. The molecule has 0 unspecified atom stereocenters. The van der Waals surface area contributed by atoms with E-state index in [0.717, 1.165) is 0 Å². The van der Waals surface area contributed by atoms with Gasteiger partial charge in [0.1, 0.15) is 11.5 Å². The minimum atomic E-state index is -0.544. The van der Waals surface area contributed by atoms with E-state index < -0.39 is 22.0 Å². The molecule has 0 amide bonds. The monoisotopic (exact) mass is 812 g/mol. The summed E-state index contributed by atoms with van der Waals surface area (Å²) < 4.78 is 0. The van der Waals surface area contributed by atoms with Crippen molar-refractivity contribution in [3.63, 3.8) is 0 Å². The van der Waals surface area contributed by atoms with Gasteiger partial charge in [-0.15, -0.1) is 0 Å². The molecule has 0 aliphatic rings. The normalized spacial score (nSPS) is 11.8. The first-order valence-electron chi connectivity index (χ1n) is 18.3. The molecule has 0 aliphatic carbocycles. The fraction of sp³-hybridized carbons (Fsp3) is 0.333. The van der Waals surface area contributed by atoms with Gasteiger partial charge < -0.3 is 20.4 Å². The molecule has 9 heteroatoms. The summed E-state index contributed by atoms with van der Waals surface area (Å²) in [5.74, 6) is -0.649. The van der Waals surface area contributed by atoms with E-state index in [4.69, 9.17) is 10.2 Å².